The van der Waals surface area contributed by atoms with Crippen LogP contribution < -0.4 is 10.6 Å². The fourth-order valence-corrected chi connectivity index (χ4v) is 3.48. The molecule has 2 aliphatic heterocycles. The van der Waals surface area contributed by atoms with Crippen LogP contribution in [0.2, 0.25) is 5.02 Å². The van der Waals surface area contributed by atoms with Crippen molar-refractivity contribution in [3.05, 3.63) is 34.9 Å². The van der Waals surface area contributed by atoms with E-state index in [0.717, 1.165) is 56.3 Å². The molecule has 0 radical (unpaired) electrons. The van der Waals surface area contributed by atoms with Crippen molar-refractivity contribution in [2.45, 2.75) is 24.9 Å². The van der Waals surface area contributed by atoms with Gasteiger partial charge in [-0.3, -0.25) is 9.69 Å². The monoisotopic (exact) mass is 337 g/mol. The van der Waals surface area contributed by atoms with Crippen LogP contribution >= 0.6 is 11.6 Å². The number of hydrogen-bond donors (Lipinski definition) is 2. The summed E-state index contributed by atoms with van der Waals surface area (Å²) in [5.74, 6) is 0.103. The molecule has 2 aliphatic rings. The number of benzene rings is 1. The molecule has 1 aromatic rings. The molecule has 1 amide bonds. The third kappa shape index (κ3) is 4.67. The van der Waals surface area contributed by atoms with Gasteiger partial charge in [-0.25, -0.2) is 0 Å². The number of amides is 1. The van der Waals surface area contributed by atoms with E-state index in [1.807, 2.05) is 18.2 Å². The van der Waals surface area contributed by atoms with E-state index in [-0.39, 0.29) is 18.0 Å². The summed E-state index contributed by atoms with van der Waals surface area (Å²) in [6, 6.07) is 8.35. The fourth-order valence-electron chi connectivity index (χ4n) is 3.28. The summed E-state index contributed by atoms with van der Waals surface area (Å²) in [6.45, 7) is 4.51. The maximum Gasteiger partial charge on any atom is 0.234 e. The van der Waals surface area contributed by atoms with Crippen LogP contribution in [0.1, 0.15) is 24.4 Å². The van der Waals surface area contributed by atoms with Gasteiger partial charge in [0, 0.05) is 50.0 Å². The van der Waals surface area contributed by atoms with E-state index < -0.39 is 0 Å². The lowest BCUT2D eigenvalue weighted by Crippen LogP contribution is -2.51. The fraction of sp³-hybridized carbons (Fsp3) is 0.588. The van der Waals surface area contributed by atoms with Crippen LogP contribution in [0.25, 0.3) is 0 Å². The molecule has 126 valence electrons. The van der Waals surface area contributed by atoms with Crippen molar-refractivity contribution >= 4 is 17.5 Å². The molecule has 1 atom stereocenters. The van der Waals surface area contributed by atoms with Gasteiger partial charge in [0.15, 0.2) is 0 Å². The summed E-state index contributed by atoms with van der Waals surface area (Å²) < 4.78 is 5.33. The number of carbonyl (C=O) groups excluding carboxylic acids is 1. The molecule has 1 aromatic carbocycles. The SMILES string of the molecule is O=C(CN1CCNCC1c1cccc(Cl)c1)NC1CCOCC1. The van der Waals surface area contributed by atoms with Crippen molar-refractivity contribution < 1.29 is 9.53 Å². The predicted octanol–water partition coefficient (Wildman–Crippen LogP) is 1.58. The minimum Gasteiger partial charge on any atom is -0.381 e. The van der Waals surface area contributed by atoms with Crippen molar-refractivity contribution in [3.8, 4) is 0 Å². The van der Waals surface area contributed by atoms with Crippen LogP contribution in [0.5, 0.6) is 0 Å². The Kier molecular flexibility index (Phi) is 5.89. The highest BCUT2D eigenvalue weighted by atomic mass is 35.5. The smallest absolute Gasteiger partial charge is 0.234 e. The number of halogens is 1. The van der Waals surface area contributed by atoms with Gasteiger partial charge in [-0.05, 0) is 30.5 Å². The Morgan fingerprint density at radius 1 is 1.39 bits per heavy atom. The van der Waals surface area contributed by atoms with Gasteiger partial charge in [-0.1, -0.05) is 23.7 Å². The third-order valence-corrected chi connectivity index (χ3v) is 4.76. The van der Waals surface area contributed by atoms with E-state index in [1.165, 1.54) is 0 Å². The van der Waals surface area contributed by atoms with Gasteiger partial charge in [0.25, 0.3) is 0 Å². The van der Waals surface area contributed by atoms with E-state index in [1.54, 1.807) is 0 Å². The van der Waals surface area contributed by atoms with Crippen LogP contribution in [-0.2, 0) is 9.53 Å². The van der Waals surface area contributed by atoms with Gasteiger partial charge in [0.05, 0.1) is 6.54 Å². The lowest BCUT2D eigenvalue weighted by Gasteiger charge is -2.36. The molecule has 0 aromatic heterocycles. The average molecular weight is 338 g/mol. The molecule has 0 aliphatic carbocycles. The number of nitrogens with zero attached hydrogens (tertiary/aromatic N) is 1. The van der Waals surface area contributed by atoms with E-state index in [2.05, 4.69) is 21.6 Å². The largest absolute Gasteiger partial charge is 0.381 e. The Balaban J connectivity index is 1.60. The second-order valence-electron chi connectivity index (χ2n) is 6.20. The van der Waals surface area contributed by atoms with Gasteiger partial charge >= 0.3 is 0 Å². The predicted molar refractivity (Wildman–Crippen MR) is 90.6 cm³/mol. The maximum atomic E-state index is 12.4. The highest BCUT2D eigenvalue weighted by Crippen LogP contribution is 2.24. The molecule has 5 nitrogen and oxygen atoms in total. The topological polar surface area (TPSA) is 53.6 Å². The first-order valence-electron chi connectivity index (χ1n) is 8.30. The van der Waals surface area contributed by atoms with E-state index in [0.29, 0.717) is 6.54 Å². The van der Waals surface area contributed by atoms with Crippen molar-refractivity contribution in [1.82, 2.24) is 15.5 Å². The number of hydrogen-bond acceptors (Lipinski definition) is 4. The summed E-state index contributed by atoms with van der Waals surface area (Å²) in [6.07, 6.45) is 1.82. The standard InChI is InChI=1S/C17H24ClN3O2/c18-14-3-1-2-13(10-14)16-11-19-6-7-21(16)12-17(22)20-15-4-8-23-9-5-15/h1-3,10,15-16,19H,4-9,11-12H2,(H,20,22). The van der Waals surface area contributed by atoms with Crippen LogP contribution in [0.4, 0.5) is 0 Å². The van der Waals surface area contributed by atoms with Crippen molar-refractivity contribution in [3.63, 3.8) is 0 Å². The second-order valence-corrected chi connectivity index (χ2v) is 6.64. The molecule has 2 saturated heterocycles. The Hall–Kier alpha value is -1.14. The Bertz CT molecular complexity index is 534. The van der Waals surface area contributed by atoms with Crippen LogP contribution in [0.3, 0.4) is 0 Å². The molecule has 0 bridgehead atoms. The summed E-state index contributed by atoms with van der Waals surface area (Å²) in [5.41, 5.74) is 1.16. The zero-order valence-corrected chi connectivity index (χ0v) is 14.0. The van der Waals surface area contributed by atoms with Crippen LogP contribution in [0, 0.1) is 0 Å². The summed E-state index contributed by atoms with van der Waals surface area (Å²) in [5, 5.41) is 7.28. The highest BCUT2D eigenvalue weighted by Gasteiger charge is 2.26. The molecule has 2 heterocycles. The molecular formula is C17H24ClN3O2. The van der Waals surface area contributed by atoms with Gasteiger partial charge in [0.2, 0.25) is 5.91 Å². The zero-order valence-electron chi connectivity index (χ0n) is 13.3. The van der Waals surface area contributed by atoms with Crippen molar-refractivity contribution in [2.75, 3.05) is 39.4 Å². The first kappa shape index (κ1) is 16.7. The van der Waals surface area contributed by atoms with Crippen molar-refractivity contribution in [2.24, 2.45) is 0 Å². The second kappa shape index (κ2) is 8.11. The summed E-state index contributed by atoms with van der Waals surface area (Å²) in [4.78, 5) is 14.6. The number of nitrogens with one attached hydrogen (secondary N) is 2. The lowest BCUT2D eigenvalue weighted by molar-refractivity contribution is -0.124. The van der Waals surface area contributed by atoms with Gasteiger partial charge in [-0.15, -0.1) is 0 Å². The number of ether oxygens (including phenoxy) is 1. The average Bonchev–Trinajstić information content (AvgIpc) is 2.56. The third-order valence-electron chi connectivity index (χ3n) is 4.52. The summed E-state index contributed by atoms with van der Waals surface area (Å²) in [7, 11) is 0. The Morgan fingerprint density at radius 3 is 3.00 bits per heavy atom. The number of rotatable bonds is 4. The van der Waals surface area contributed by atoms with Gasteiger partial charge in [-0.2, -0.15) is 0 Å². The van der Waals surface area contributed by atoms with E-state index in [4.69, 9.17) is 16.3 Å². The lowest BCUT2D eigenvalue weighted by atomic mass is 10.0. The zero-order chi connectivity index (χ0) is 16.1. The van der Waals surface area contributed by atoms with Crippen LogP contribution in [0.15, 0.2) is 24.3 Å². The first-order valence-corrected chi connectivity index (χ1v) is 8.67. The Labute approximate surface area is 142 Å². The molecule has 23 heavy (non-hydrogen) atoms. The normalized spacial score (nSPS) is 23.6. The molecule has 0 saturated carbocycles. The quantitative estimate of drug-likeness (QED) is 0.876. The molecular weight excluding hydrogens is 314 g/mol. The first-order chi connectivity index (χ1) is 11.2. The maximum absolute atomic E-state index is 12.4. The molecule has 3 rings (SSSR count). The Morgan fingerprint density at radius 2 is 2.22 bits per heavy atom. The van der Waals surface area contributed by atoms with Crippen LogP contribution in [-0.4, -0.2) is 56.2 Å². The minimum atomic E-state index is 0.103. The molecule has 2 fully saturated rings. The van der Waals surface area contributed by atoms with E-state index >= 15 is 0 Å². The number of carbonyl (C=O) groups is 1. The molecule has 1 unspecified atom stereocenters. The number of piperazine rings is 1. The van der Waals surface area contributed by atoms with Gasteiger partial charge < -0.3 is 15.4 Å². The molecule has 0 spiro atoms. The highest BCUT2D eigenvalue weighted by molar-refractivity contribution is 6.30. The van der Waals surface area contributed by atoms with E-state index in [9.17, 15) is 4.79 Å². The summed E-state index contributed by atoms with van der Waals surface area (Å²) >= 11 is 6.12. The van der Waals surface area contributed by atoms with Gasteiger partial charge in [0.1, 0.15) is 0 Å². The molecule has 2 N–H and O–H groups in total. The molecule has 6 heteroatoms. The minimum absolute atomic E-state index is 0.103. The van der Waals surface area contributed by atoms with Crippen molar-refractivity contribution in [1.29, 1.82) is 0 Å².